The molecule has 1 aromatic heterocycles. The van der Waals surface area contributed by atoms with E-state index in [1.807, 2.05) is 6.92 Å². The van der Waals surface area contributed by atoms with E-state index in [0.29, 0.717) is 24.6 Å². The molecule has 0 N–H and O–H groups in total. The van der Waals surface area contributed by atoms with Gasteiger partial charge in [-0.05, 0) is 13.8 Å². The highest BCUT2D eigenvalue weighted by Gasteiger charge is 2.29. The van der Waals surface area contributed by atoms with Gasteiger partial charge in [-0.3, -0.25) is 14.9 Å². The number of nitro groups is 1. The van der Waals surface area contributed by atoms with E-state index in [9.17, 15) is 14.9 Å². The smallest absolute Gasteiger partial charge is 0.333 e. The zero-order valence-electron chi connectivity index (χ0n) is 12.4. The molecule has 0 aliphatic rings. The summed E-state index contributed by atoms with van der Waals surface area (Å²) in [4.78, 5) is 23.9. The number of aromatic nitrogens is 2. The first-order valence-corrected chi connectivity index (χ1v) is 6.34. The second kappa shape index (κ2) is 6.36. The third-order valence-electron chi connectivity index (χ3n) is 3.06. The van der Waals surface area contributed by atoms with E-state index in [1.54, 1.807) is 30.5 Å². The molecule has 0 aliphatic carbocycles. The van der Waals surface area contributed by atoms with Crippen molar-refractivity contribution in [1.29, 1.82) is 0 Å². The largest absolute Gasteiger partial charge is 0.469 e. The quantitative estimate of drug-likeness (QED) is 0.445. The van der Waals surface area contributed by atoms with Crippen molar-refractivity contribution in [2.45, 2.75) is 27.3 Å². The molecule has 0 aromatic carbocycles. The van der Waals surface area contributed by atoms with E-state index in [1.165, 1.54) is 7.11 Å². The summed E-state index contributed by atoms with van der Waals surface area (Å²) in [7, 11) is 3.02. The van der Waals surface area contributed by atoms with Gasteiger partial charge in [-0.15, -0.1) is 0 Å². The Morgan fingerprint density at radius 3 is 2.65 bits per heavy atom. The fraction of sp³-hybridized carbons (Fsp3) is 0.667. The third kappa shape index (κ3) is 3.06. The molecule has 0 aliphatic heterocycles. The minimum Gasteiger partial charge on any atom is -0.469 e. The number of methoxy groups -OCH3 is 1. The predicted octanol–water partition coefficient (Wildman–Crippen LogP) is 1.36. The van der Waals surface area contributed by atoms with Gasteiger partial charge in [0.05, 0.1) is 18.0 Å². The average molecular weight is 284 g/mol. The first kappa shape index (κ1) is 15.9. The summed E-state index contributed by atoms with van der Waals surface area (Å²) < 4.78 is 6.23. The maximum Gasteiger partial charge on any atom is 0.333 e. The van der Waals surface area contributed by atoms with Gasteiger partial charge in [0.2, 0.25) is 5.82 Å². The third-order valence-corrected chi connectivity index (χ3v) is 3.06. The Hall–Kier alpha value is -2.12. The standard InChI is InChI=1S/C12H20N4O4/c1-6-15-11(10(16(18)19)9(3)13-15)14(4)7-8(2)12(17)20-5/h8H,6-7H2,1-5H3. The van der Waals surface area contributed by atoms with Crippen molar-refractivity contribution in [1.82, 2.24) is 9.78 Å². The minimum absolute atomic E-state index is 0.0218. The van der Waals surface area contributed by atoms with E-state index < -0.39 is 4.92 Å². The van der Waals surface area contributed by atoms with Crippen LogP contribution in [0.4, 0.5) is 11.5 Å². The van der Waals surface area contributed by atoms with Crippen LogP contribution < -0.4 is 4.90 Å². The normalized spacial score (nSPS) is 12.1. The molecule has 1 heterocycles. The molecule has 0 radical (unpaired) electrons. The van der Waals surface area contributed by atoms with E-state index >= 15 is 0 Å². The van der Waals surface area contributed by atoms with E-state index in [-0.39, 0.29) is 17.6 Å². The van der Waals surface area contributed by atoms with Crippen molar-refractivity contribution in [3.8, 4) is 0 Å². The number of aryl methyl sites for hydroxylation is 2. The van der Waals surface area contributed by atoms with Crippen LogP contribution in [0.25, 0.3) is 0 Å². The van der Waals surface area contributed by atoms with Crippen LogP contribution in [0, 0.1) is 23.0 Å². The number of hydrogen-bond donors (Lipinski definition) is 0. The number of rotatable bonds is 6. The van der Waals surface area contributed by atoms with Gasteiger partial charge in [0.15, 0.2) is 0 Å². The van der Waals surface area contributed by atoms with Gasteiger partial charge in [-0.25, -0.2) is 4.68 Å². The molecule has 8 heteroatoms. The topological polar surface area (TPSA) is 90.5 Å². The molecule has 20 heavy (non-hydrogen) atoms. The van der Waals surface area contributed by atoms with Crippen LogP contribution in [-0.2, 0) is 16.1 Å². The highest BCUT2D eigenvalue weighted by atomic mass is 16.6. The molecule has 1 atom stereocenters. The number of anilines is 1. The SMILES string of the molecule is CCn1nc(C)c([N+](=O)[O-])c1N(C)CC(C)C(=O)OC. The van der Waals surface area contributed by atoms with Crippen molar-refractivity contribution in [3.05, 3.63) is 15.8 Å². The zero-order chi connectivity index (χ0) is 15.4. The Balaban J connectivity index is 3.11. The van der Waals surface area contributed by atoms with E-state index in [0.717, 1.165) is 0 Å². The van der Waals surface area contributed by atoms with Crippen molar-refractivity contribution in [2.24, 2.45) is 5.92 Å². The van der Waals surface area contributed by atoms with Gasteiger partial charge >= 0.3 is 11.7 Å². The molecule has 1 unspecified atom stereocenters. The number of hydrogen-bond acceptors (Lipinski definition) is 6. The Bertz CT molecular complexity index is 512. The van der Waals surface area contributed by atoms with Gasteiger partial charge in [0, 0.05) is 20.1 Å². The van der Waals surface area contributed by atoms with Crippen molar-refractivity contribution >= 4 is 17.5 Å². The monoisotopic (exact) mass is 284 g/mol. The summed E-state index contributed by atoms with van der Waals surface area (Å²) in [6.07, 6.45) is 0. The van der Waals surface area contributed by atoms with Gasteiger partial charge < -0.3 is 9.64 Å². The lowest BCUT2D eigenvalue weighted by Gasteiger charge is -2.21. The summed E-state index contributed by atoms with van der Waals surface area (Å²) in [6.45, 7) is 6.01. The summed E-state index contributed by atoms with van der Waals surface area (Å²) in [6, 6.07) is 0. The highest BCUT2D eigenvalue weighted by Crippen LogP contribution is 2.31. The second-order valence-corrected chi connectivity index (χ2v) is 4.64. The molecular weight excluding hydrogens is 264 g/mol. The first-order chi connectivity index (χ1) is 9.33. The maximum atomic E-state index is 11.5. The van der Waals surface area contributed by atoms with Gasteiger partial charge in [0.25, 0.3) is 0 Å². The molecule has 8 nitrogen and oxygen atoms in total. The van der Waals surface area contributed by atoms with Crippen LogP contribution in [-0.4, -0.2) is 41.4 Å². The summed E-state index contributed by atoms with van der Waals surface area (Å²) >= 11 is 0. The molecule has 0 spiro atoms. The molecule has 0 amide bonds. The van der Waals surface area contributed by atoms with Crippen molar-refractivity contribution < 1.29 is 14.5 Å². The lowest BCUT2D eigenvalue weighted by Crippen LogP contribution is -2.31. The van der Waals surface area contributed by atoms with Crippen LogP contribution >= 0.6 is 0 Å². The molecule has 112 valence electrons. The molecule has 0 bridgehead atoms. The molecule has 0 fully saturated rings. The number of esters is 1. The number of nitrogens with zero attached hydrogens (tertiary/aromatic N) is 4. The fourth-order valence-corrected chi connectivity index (χ4v) is 2.14. The van der Waals surface area contributed by atoms with E-state index in [2.05, 4.69) is 9.84 Å². The van der Waals surface area contributed by atoms with Crippen LogP contribution in [0.15, 0.2) is 0 Å². The lowest BCUT2D eigenvalue weighted by atomic mass is 10.1. The van der Waals surface area contributed by atoms with Crippen LogP contribution in [0.3, 0.4) is 0 Å². The highest BCUT2D eigenvalue weighted by molar-refractivity contribution is 5.73. The Labute approximate surface area is 117 Å². The van der Waals surface area contributed by atoms with Gasteiger partial charge in [0.1, 0.15) is 5.69 Å². The van der Waals surface area contributed by atoms with Gasteiger partial charge in [-0.2, -0.15) is 5.10 Å². The Kier molecular flexibility index (Phi) is 5.06. The molecule has 0 saturated heterocycles. The molecule has 1 rings (SSSR count). The minimum atomic E-state index is -0.441. The number of carbonyl (C=O) groups excluding carboxylic acids is 1. The summed E-state index contributed by atoms with van der Waals surface area (Å²) in [5.74, 6) is -0.324. The first-order valence-electron chi connectivity index (χ1n) is 6.34. The molecular formula is C12H20N4O4. The number of ether oxygens (including phenoxy) is 1. The zero-order valence-corrected chi connectivity index (χ0v) is 12.4. The van der Waals surface area contributed by atoms with Gasteiger partial charge in [-0.1, -0.05) is 6.92 Å². The van der Waals surface area contributed by atoms with Crippen LogP contribution in [0.5, 0.6) is 0 Å². The Morgan fingerprint density at radius 1 is 1.60 bits per heavy atom. The molecule has 1 aromatic rings. The number of carbonyl (C=O) groups is 1. The van der Waals surface area contributed by atoms with Crippen molar-refractivity contribution in [3.63, 3.8) is 0 Å². The fourth-order valence-electron chi connectivity index (χ4n) is 2.14. The Morgan fingerprint density at radius 2 is 2.20 bits per heavy atom. The average Bonchev–Trinajstić information content (AvgIpc) is 2.74. The van der Waals surface area contributed by atoms with Crippen LogP contribution in [0.1, 0.15) is 19.5 Å². The maximum absolute atomic E-state index is 11.5. The summed E-state index contributed by atoms with van der Waals surface area (Å²) in [5, 5.41) is 15.3. The predicted molar refractivity (Wildman–Crippen MR) is 73.7 cm³/mol. The summed E-state index contributed by atoms with van der Waals surface area (Å²) in [5.41, 5.74) is 0.343. The van der Waals surface area contributed by atoms with E-state index in [4.69, 9.17) is 0 Å². The second-order valence-electron chi connectivity index (χ2n) is 4.64. The lowest BCUT2D eigenvalue weighted by molar-refractivity contribution is -0.384. The van der Waals surface area contributed by atoms with Crippen LogP contribution in [0.2, 0.25) is 0 Å². The van der Waals surface area contributed by atoms with Crippen molar-refractivity contribution in [2.75, 3.05) is 25.6 Å². The molecule has 0 saturated carbocycles.